The van der Waals surface area contributed by atoms with Gasteiger partial charge in [-0.1, -0.05) is 30.2 Å². The standard InChI is InChI=1S/C31H35ClF3N3O6/c1-37-12-9-20(24(41)17-37)27-26(44-30(42)38(13-10-31(33,34)35)16-18-6-4-5-11-36-18)15-23(40)28-22(39)14-25(43-29(27)28)19-7-2-3-8-21(19)32/h2-3,7-8,14-15,18,20,24,36,40-41H,4-6,9-13,16-17H2,1H3/t18?,20-,24+/m0/s1. The molecule has 2 aliphatic rings. The first-order chi connectivity index (χ1) is 20.9. The van der Waals surface area contributed by atoms with E-state index in [2.05, 4.69) is 5.32 Å². The van der Waals surface area contributed by atoms with Crippen LogP contribution >= 0.6 is 11.6 Å². The minimum absolute atomic E-state index is 0.00754. The first kappa shape index (κ1) is 32.1. The first-order valence-electron chi connectivity index (χ1n) is 14.6. The second-order valence-corrected chi connectivity index (χ2v) is 11.9. The number of amides is 1. The van der Waals surface area contributed by atoms with Crippen molar-refractivity contribution in [3.63, 3.8) is 0 Å². The van der Waals surface area contributed by atoms with Crippen LogP contribution in [0.4, 0.5) is 18.0 Å². The van der Waals surface area contributed by atoms with Crippen LogP contribution in [-0.4, -0.2) is 84.2 Å². The number of nitrogens with one attached hydrogen (secondary N) is 1. The molecular formula is C31H35ClF3N3O6. The minimum atomic E-state index is -4.50. The van der Waals surface area contributed by atoms with E-state index in [0.29, 0.717) is 36.5 Å². The normalized spacial score (nSPS) is 21.4. The minimum Gasteiger partial charge on any atom is -0.507 e. The van der Waals surface area contributed by atoms with Crippen molar-refractivity contribution in [1.82, 2.24) is 15.1 Å². The molecule has 0 spiro atoms. The van der Waals surface area contributed by atoms with Crippen LogP contribution in [0.2, 0.25) is 5.02 Å². The van der Waals surface area contributed by atoms with Crippen LogP contribution < -0.4 is 15.5 Å². The molecule has 0 aliphatic carbocycles. The summed E-state index contributed by atoms with van der Waals surface area (Å²) in [5.74, 6) is -1.34. The zero-order valence-corrected chi connectivity index (χ0v) is 25.0. The molecule has 0 bridgehead atoms. The van der Waals surface area contributed by atoms with E-state index in [1.807, 2.05) is 11.9 Å². The van der Waals surface area contributed by atoms with Gasteiger partial charge >= 0.3 is 12.3 Å². The Kier molecular flexibility index (Phi) is 9.74. The highest BCUT2D eigenvalue weighted by Gasteiger charge is 2.36. The second kappa shape index (κ2) is 13.4. The molecule has 1 aromatic heterocycles. The van der Waals surface area contributed by atoms with E-state index in [4.69, 9.17) is 20.8 Å². The number of benzene rings is 2. The Morgan fingerprint density at radius 2 is 2.00 bits per heavy atom. The maximum atomic E-state index is 13.6. The Morgan fingerprint density at radius 1 is 1.23 bits per heavy atom. The lowest BCUT2D eigenvalue weighted by atomic mass is 9.85. The number of carbonyl (C=O) groups is 1. The molecule has 9 nitrogen and oxygen atoms in total. The van der Waals surface area contributed by atoms with Crippen LogP contribution in [0.15, 0.2) is 45.6 Å². The van der Waals surface area contributed by atoms with E-state index in [1.54, 1.807) is 24.3 Å². The SMILES string of the molecule is CN1CC[C@H](c2c(OC(=O)N(CCC(F)(F)F)CC3CCCCN3)cc(O)c3c(=O)cc(-c4ccccc4Cl)oc23)[C@H](O)C1. The van der Waals surface area contributed by atoms with E-state index < -0.39 is 48.4 Å². The number of halogens is 4. The van der Waals surface area contributed by atoms with Gasteiger partial charge in [-0.2, -0.15) is 13.2 Å². The lowest BCUT2D eigenvalue weighted by Gasteiger charge is -2.35. The summed E-state index contributed by atoms with van der Waals surface area (Å²) in [6, 6.07) is 8.77. The molecule has 2 saturated heterocycles. The Balaban J connectivity index is 1.61. The van der Waals surface area contributed by atoms with Gasteiger partial charge in [-0.15, -0.1) is 0 Å². The third kappa shape index (κ3) is 7.31. The summed E-state index contributed by atoms with van der Waals surface area (Å²) in [7, 11) is 1.84. The van der Waals surface area contributed by atoms with Crippen molar-refractivity contribution >= 4 is 28.7 Å². The maximum absolute atomic E-state index is 13.6. The summed E-state index contributed by atoms with van der Waals surface area (Å²) in [6.45, 7) is 0.873. The number of likely N-dealkylation sites (tertiary alicyclic amines) is 1. The number of likely N-dealkylation sites (N-methyl/N-ethyl adjacent to an activating group) is 1. The maximum Gasteiger partial charge on any atom is 0.415 e. The van der Waals surface area contributed by atoms with Crippen molar-refractivity contribution in [3.8, 4) is 22.8 Å². The number of alkyl halides is 3. The zero-order valence-electron chi connectivity index (χ0n) is 24.2. The van der Waals surface area contributed by atoms with E-state index in [1.165, 1.54) is 6.07 Å². The molecule has 3 atom stereocenters. The molecule has 13 heteroatoms. The van der Waals surface area contributed by atoms with Crippen molar-refractivity contribution in [3.05, 3.63) is 57.2 Å². The number of rotatable bonds is 7. The number of aromatic hydroxyl groups is 1. The van der Waals surface area contributed by atoms with Crippen molar-refractivity contribution in [2.45, 2.75) is 56.3 Å². The quantitative estimate of drug-likeness (QED) is 0.311. The molecule has 5 rings (SSSR count). The molecule has 3 N–H and O–H groups in total. The van der Waals surface area contributed by atoms with Crippen LogP contribution in [-0.2, 0) is 0 Å². The number of fused-ring (bicyclic) bond motifs is 1. The van der Waals surface area contributed by atoms with Crippen LogP contribution in [0, 0.1) is 0 Å². The third-order valence-electron chi connectivity index (χ3n) is 8.25. The second-order valence-electron chi connectivity index (χ2n) is 11.5. The van der Waals surface area contributed by atoms with Gasteiger partial charge in [0.15, 0.2) is 5.43 Å². The number of aliphatic hydroxyl groups excluding tert-OH is 1. The average molecular weight is 638 g/mol. The summed E-state index contributed by atoms with van der Waals surface area (Å²) >= 11 is 6.38. The summed E-state index contributed by atoms with van der Waals surface area (Å²) < 4.78 is 51.7. The largest absolute Gasteiger partial charge is 0.507 e. The number of nitrogens with zero attached hydrogens (tertiary/aromatic N) is 2. The molecule has 0 saturated carbocycles. The number of piperidine rings is 2. The summed E-state index contributed by atoms with van der Waals surface area (Å²) in [5, 5.41) is 25.5. The van der Waals surface area contributed by atoms with E-state index >= 15 is 0 Å². The highest BCUT2D eigenvalue weighted by molar-refractivity contribution is 6.33. The molecule has 44 heavy (non-hydrogen) atoms. The number of aliphatic hydroxyl groups is 1. The highest BCUT2D eigenvalue weighted by atomic mass is 35.5. The Morgan fingerprint density at radius 3 is 2.68 bits per heavy atom. The van der Waals surface area contributed by atoms with Gasteiger partial charge in [0, 0.05) is 54.9 Å². The molecule has 3 heterocycles. The number of hydrogen-bond acceptors (Lipinski definition) is 8. The zero-order chi connectivity index (χ0) is 31.6. The first-order valence-corrected chi connectivity index (χ1v) is 15.0. The predicted molar refractivity (Wildman–Crippen MR) is 159 cm³/mol. The smallest absolute Gasteiger partial charge is 0.415 e. The van der Waals surface area contributed by atoms with Crippen LogP contribution in [0.1, 0.15) is 43.6 Å². The monoisotopic (exact) mass is 637 g/mol. The van der Waals surface area contributed by atoms with Gasteiger partial charge in [0.05, 0.1) is 17.5 Å². The van der Waals surface area contributed by atoms with Gasteiger partial charge in [-0.05, 0) is 51.5 Å². The lowest BCUT2D eigenvalue weighted by Crippen LogP contribution is -2.47. The predicted octanol–water partition coefficient (Wildman–Crippen LogP) is 5.49. The van der Waals surface area contributed by atoms with Crippen LogP contribution in [0.25, 0.3) is 22.3 Å². The Labute approximate surface area is 257 Å². The highest BCUT2D eigenvalue weighted by Crippen LogP contribution is 2.44. The lowest BCUT2D eigenvalue weighted by molar-refractivity contribution is -0.137. The van der Waals surface area contributed by atoms with E-state index in [0.717, 1.165) is 23.8 Å². The van der Waals surface area contributed by atoms with E-state index in [-0.39, 0.29) is 47.2 Å². The number of phenols is 1. The Bertz CT molecular complexity index is 1560. The fourth-order valence-corrected chi connectivity index (χ4v) is 6.22. The van der Waals surface area contributed by atoms with E-state index in [9.17, 15) is 33.0 Å². The van der Waals surface area contributed by atoms with Crippen molar-refractivity contribution in [1.29, 1.82) is 0 Å². The fourth-order valence-electron chi connectivity index (χ4n) is 5.99. The number of phenolic OH excluding ortho intramolecular Hbond substituents is 1. The van der Waals surface area contributed by atoms with Crippen molar-refractivity contribution < 1.29 is 37.3 Å². The Hall–Kier alpha value is -3.32. The summed E-state index contributed by atoms with van der Waals surface area (Å²) in [6.07, 6.45) is -4.86. The number of β-amino-alcohol motifs (C(OH)–C–C–N with tert-alkyl or cyclic N) is 1. The van der Waals surface area contributed by atoms with Gasteiger partial charge in [-0.3, -0.25) is 4.79 Å². The van der Waals surface area contributed by atoms with Gasteiger partial charge in [0.2, 0.25) is 0 Å². The fraction of sp³-hybridized carbons (Fsp3) is 0.484. The molecule has 238 valence electrons. The topological polar surface area (TPSA) is 115 Å². The van der Waals surface area contributed by atoms with Gasteiger partial charge in [-0.25, -0.2) is 4.79 Å². The van der Waals surface area contributed by atoms with Crippen LogP contribution in [0.3, 0.4) is 0 Å². The number of hydrogen-bond donors (Lipinski definition) is 3. The molecule has 1 amide bonds. The van der Waals surface area contributed by atoms with Crippen molar-refractivity contribution in [2.75, 3.05) is 39.8 Å². The average Bonchev–Trinajstić information content (AvgIpc) is 2.96. The number of carbonyl (C=O) groups excluding carboxylic acids is 1. The third-order valence-corrected chi connectivity index (χ3v) is 8.58. The van der Waals surface area contributed by atoms with Crippen molar-refractivity contribution in [2.24, 2.45) is 0 Å². The molecule has 2 fully saturated rings. The molecule has 2 aliphatic heterocycles. The van der Waals surface area contributed by atoms with Gasteiger partial charge < -0.3 is 34.5 Å². The molecule has 2 aromatic carbocycles. The van der Waals surface area contributed by atoms with Gasteiger partial charge in [0.1, 0.15) is 28.2 Å². The summed E-state index contributed by atoms with van der Waals surface area (Å²) in [5.41, 5.74) is -0.109. The molecule has 1 unspecified atom stereocenters. The molecule has 3 aromatic rings. The number of ether oxygens (including phenoxy) is 1. The molecule has 0 radical (unpaired) electrons. The molecular weight excluding hydrogens is 603 g/mol. The summed E-state index contributed by atoms with van der Waals surface area (Å²) in [4.78, 5) is 29.8. The van der Waals surface area contributed by atoms with Gasteiger partial charge in [0.25, 0.3) is 0 Å². The van der Waals surface area contributed by atoms with Crippen LogP contribution in [0.5, 0.6) is 11.5 Å².